The molecule has 0 radical (unpaired) electrons. The number of aromatic nitrogens is 4. The molecule has 2 aliphatic heterocycles. The Bertz CT molecular complexity index is 1420. The number of carbonyl (C=O) groups is 2. The Balaban J connectivity index is 1.31. The van der Waals surface area contributed by atoms with Crippen LogP contribution < -0.4 is 9.80 Å². The number of H-pyrrole nitrogens is 1. The molecule has 226 valence electrons. The van der Waals surface area contributed by atoms with Crippen LogP contribution in [0.15, 0.2) is 12.4 Å². The van der Waals surface area contributed by atoms with E-state index in [-0.39, 0.29) is 34.1 Å². The quantitative estimate of drug-likeness (QED) is 0.297. The van der Waals surface area contributed by atoms with Gasteiger partial charge in [0.1, 0.15) is 27.8 Å². The van der Waals surface area contributed by atoms with Gasteiger partial charge in [-0.1, -0.05) is 41.5 Å². The first-order valence-corrected chi connectivity index (χ1v) is 15.7. The predicted molar refractivity (Wildman–Crippen MR) is 165 cm³/mol. The Morgan fingerprint density at radius 1 is 1.10 bits per heavy atom. The first kappa shape index (κ1) is 30.7. The van der Waals surface area contributed by atoms with Crippen LogP contribution in [-0.2, 0) is 4.74 Å². The van der Waals surface area contributed by atoms with Crippen LogP contribution in [-0.4, -0.2) is 100 Å². The van der Waals surface area contributed by atoms with Gasteiger partial charge in [-0.05, 0) is 32.7 Å². The highest BCUT2D eigenvalue weighted by molar-refractivity contribution is 7.17. The second kappa shape index (κ2) is 13.3. The van der Waals surface area contributed by atoms with Crippen molar-refractivity contribution >= 4 is 57.2 Å². The topological polar surface area (TPSA) is 128 Å². The maximum atomic E-state index is 13.1. The number of ketones is 1. The molecule has 5 heterocycles. The predicted octanol–water partition coefficient (Wildman–Crippen LogP) is 4.89. The van der Waals surface area contributed by atoms with Gasteiger partial charge in [-0.2, -0.15) is 0 Å². The van der Waals surface area contributed by atoms with Crippen LogP contribution in [0.4, 0.5) is 10.9 Å². The standard InChI is InChI=1S/C28H35Cl2N7O4S/c1-4-35-8-10-36(11-9-35)21-14-31-18(13-32-21)24-26(27(39)40)42-28(34-24)37-7-6-17(20(15-37)41-5-2)12-19(38)25-23(30)22(29)16(3)33-25/h13-14,17,20,33H,4-12,15H2,1-3H3,(H,39,40)/t17-,20-/m0/s1. The van der Waals surface area contributed by atoms with Crippen molar-refractivity contribution in [2.24, 2.45) is 5.92 Å². The number of ether oxygens (including phenoxy) is 1. The van der Waals surface area contributed by atoms with Crippen molar-refractivity contribution in [1.82, 2.24) is 24.8 Å². The van der Waals surface area contributed by atoms with Crippen molar-refractivity contribution in [2.45, 2.75) is 39.7 Å². The molecule has 0 bridgehead atoms. The largest absolute Gasteiger partial charge is 0.477 e. The van der Waals surface area contributed by atoms with Gasteiger partial charge in [-0.3, -0.25) is 4.79 Å². The van der Waals surface area contributed by atoms with Crippen LogP contribution in [0.2, 0.25) is 10.0 Å². The van der Waals surface area contributed by atoms with E-state index in [1.807, 2.05) is 11.8 Å². The number of likely N-dealkylation sites (N-methyl/N-ethyl adjacent to an activating group) is 1. The van der Waals surface area contributed by atoms with Gasteiger partial charge in [0.2, 0.25) is 0 Å². The van der Waals surface area contributed by atoms with Crippen molar-refractivity contribution in [3.63, 3.8) is 0 Å². The Kier molecular flexibility index (Phi) is 9.68. The minimum Gasteiger partial charge on any atom is -0.477 e. The molecule has 2 N–H and O–H groups in total. The van der Waals surface area contributed by atoms with Gasteiger partial charge in [0.05, 0.1) is 28.5 Å². The first-order chi connectivity index (χ1) is 20.2. The molecule has 5 rings (SSSR count). The Morgan fingerprint density at radius 2 is 1.86 bits per heavy atom. The number of carboxylic acid groups (broad SMARTS) is 1. The van der Waals surface area contributed by atoms with E-state index in [4.69, 9.17) is 32.9 Å². The zero-order valence-electron chi connectivity index (χ0n) is 23.9. The fourth-order valence-corrected chi connectivity index (χ4v) is 6.93. The first-order valence-electron chi connectivity index (χ1n) is 14.2. The summed E-state index contributed by atoms with van der Waals surface area (Å²) >= 11 is 13.6. The number of hydrogen-bond donors (Lipinski definition) is 2. The number of thiazole rings is 1. The van der Waals surface area contributed by atoms with Gasteiger partial charge in [0.15, 0.2) is 10.9 Å². The number of hydrogen-bond acceptors (Lipinski definition) is 10. The summed E-state index contributed by atoms with van der Waals surface area (Å²) in [6, 6.07) is 0. The van der Waals surface area contributed by atoms with Crippen molar-refractivity contribution in [2.75, 3.05) is 62.2 Å². The Hall–Kier alpha value is -2.77. The second-order valence-electron chi connectivity index (χ2n) is 10.5. The number of aromatic carboxylic acids is 1. The molecular formula is C28H35Cl2N7O4S. The summed E-state index contributed by atoms with van der Waals surface area (Å²) in [6.07, 6.45) is 3.98. The van der Waals surface area contributed by atoms with Crippen LogP contribution in [0.1, 0.15) is 52.5 Å². The lowest BCUT2D eigenvalue weighted by Gasteiger charge is -2.38. The van der Waals surface area contributed by atoms with Gasteiger partial charge < -0.3 is 29.5 Å². The van der Waals surface area contributed by atoms with Crippen molar-refractivity contribution < 1.29 is 19.4 Å². The number of piperidine rings is 1. The average molecular weight is 637 g/mol. The molecule has 2 saturated heterocycles. The fourth-order valence-electron chi connectivity index (χ4n) is 5.54. The third-order valence-electron chi connectivity index (χ3n) is 7.96. The second-order valence-corrected chi connectivity index (χ2v) is 12.3. The summed E-state index contributed by atoms with van der Waals surface area (Å²) in [5, 5.41) is 11.2. The van der Waals surface area contributed by atoms with E-state index < -0.39 is 5.97 Å². The van der Waals surface area contributed by atoms with Gasteiger partial charge >= 0.3 is 5.97 Å². The zero-order chi connectivity index (χ0) is 30.0. The normalized spacial score (nSPS) is 19.8. The average Bonchev–Trinajstić information content (AvgIpc) is 3.56. The third-order valence-corrected chi connectivity index (χ3v) is 10.0. The molecule has 3 aromatic rings. The monoisotopic (exact) mass is 635 g/mol. The van der Waals surface area contributed by atoms with E-state index in [2.05, 4.69) is 31.7 Å². The van der Waals surface area contributed by atoms with E-state index in [0.29, 0.717) is 59.0 Å². The number of piperazine rings is 1. The highest BCUT2D eigenvalue weighted by atomic mass is 35.5. The number of halogens is 2. The molecular weight excluding hydrogens is 601 g/mol. The molecule has 2 atom stereocenters. The molecule has 0 amide bonds. The lowest BCUT2D eigenvalue weighted by molar-refractivity contribution is 0.0103. The van der Waals surface area contributed by atoms with Gasteiger partial charge in [0, 0.05) is 58.0 Å². The van der Waals surface area contributed by atoms with Crippen LogP contribution in [0.25, 0.3) is 11.4 Å². The van der Waals surface area contributed by atoms with Crippen molar-refractivity contribution in [1.29, 1.82) is 0 Å². The molecule has 0 saturated carbocycles. The van der Waals surface area contributed by atoms with Crippen LogP contribution >= 0.6 is 34.5 Å². The van der Waals surface area contributed by atoms with Crippen LogP contribution in [0.5, 0.6) is 0 Å². The summed E-state index contributed by atoms with van der Waals surface area (Å²) in [5.74, 6) is -0.440. The SMILES string of the molecule is CCO[C@H]1CN(c2nc(-c3cnc(N4CCN(CC)CC4)cn3)c(C(=O)O)s2)CC[C@H]1CC(=O)c1[nH]c(C)c(Cl)c1Cl. The van der Waals surface area contributed by atoms with E-state index in [1.54, 1.807) is 19.3 Å². The number of Topliss-reactive ketones (excluding diaryl/α,β-unsaturated/α-hetero) is 1. The highest BCUT2D eigenvalue weighted by Gasteiger charge is 2.35. The number of carboxylic acids is 1. The molecule has 42 heavy (non-hydrogen) atoms. The van der Waals surface area contributed by atoms with Crippen LogP contribution in [0.3, 0.4) is 0 Å². The summed E-state index contributed by atoms with van der Waals surface area (Å²) < 4.78 is 6.06. The van der Waals surface area contributed by atoms with Crippen molar-refractivity contribution in [3.05, 3.63) is 38.7 Å². The van der Waals surface area contributed by atoms with Gasteiger partial charge in [0.25, 0.3) is 0 Å². The molecule has 2 fully saturated rings. The molecule has 14 heteroatoms. The lowest BCUT2D eigenvalue weighted by Crippen LogP contribution is -2.46. The number of carbonyl (C=O) groups excluding carboxylic acids is 1. The lowest BCUT2D eigenvalue weighted by atomic mass is 9.88. The fraction of sp³-hybridized carbons (Fsp3) is 0.536. The molecule has 2 aliphatic rings. The number of nitrogens with zero attached hydrogens (tertiary/aromatic N) is 6. The van der Waals surface area contributed by atoms with E-state index in [9.17, 15) is 14.7 Å². The molecule has 3 aromatic heterocycles. The summed E-state index contributed by atoms with van der Waals surface area (Å²) in [7, 11) is 0. The van der Waals surface area contributed by atoms with Crippen molar-refractivity contribution in [3.8, 4) is 11.4 Å². The summed E-state index contributed by atoms with van der Waals surface area (Å²) in [6.45, 7) is 12.1. The summed E-state index contributed by atoms with van der Waals surface area (Å²) in [5.41, 5.74) is 1.70. The maximum absolute atomic E-state index is 13.1. The minimum atomic E-state index is -1.06. The zero-order valence-corrected chi connectivity index (χ0v) is 26.2. The molecule has 0 aromatic carbocycles. The molecule has 0 spiro atoms. The van der Waals surface area contributed by atoms with E-state index in [0.717, 1.165) is 49.9 Å². The molecule has 0 unspecified atom stereocenters. The summed E-state index contributed by atoms with van der Waals surface area (Å²) in [4.78, 5) is 48.9. The number of aryl methyl sites for hydroxylation is 1. The number of aromatic amines is 1. The Morgan fingerprint density at radius 3 is 2.45 bits per heavy atom. The molecule has 11 nitrogen and oxygen atoms in total. The van der Waals surface area contributed by atoms with Crippen LogP contribution in [0, 0.1) is 12.8 Å². The number of nitrogens with one attached hydrogen (secondary N) is 1. The maximum Gasteiger partial charge on any atom is 0.348 e. The van der Waals surface area contributed by atoms with E-state index >= 15 is 0 Å². The minimum absolute atomic E-state index is 0.0388. The van der Waals surface area contributed by atoms with Gasteiger partial charge in [-0.25, -0.2) is 19.7 Å². The van der Waals surface area contributed by atoms with Gasteiger partial charge in [-0.15, -0.1) is 0 Å². The molecule has 0 aliphatic carbocycles. The number of anilines is 2. The smallest absolute Gasteiger partial charge is 0.348 e. The highest BCUT2D eigenvalue weighted by Crippen LogP contribution is 2.37. The third kappa shape index (κ3) is 6.42. The Labute approximate surface area is 258 Å². The van der Waals surface area contributed by atoms with E-state index in [1.165, 1.54) is 0 Å². The number of rotatable bonds is 10.